The predicted octanol–water partition coefficient (Wildman–Crippen LogP) is 2.42. The quantitative estimate of drug-likeness (QED) is 0.729. The topological polar surface area (TPSA) is 88.1 Å². The van der Waals surface area contributed by atoms with E-state index in [1.54, 1.807) is 19.2 Å². The lowest BCUT2D eigenvalue weighted by Gasteiger charge is -2.17. The molecule has 1 amide bonds. The van der Waals surface area contributed by atoms with Crippen molar-refractivity contribution in [3.05, 3.63) is 73.5 Å². The third kappa shape index (κ3) is 3.93. The molecule has 140 valence electrons. The average molecular weight is 387 g/mol. The van der Waals surface area contributed by atoms with Crippen LogP contribution >= 0.6 is 11.6 Å². The number of aromatic amines is 1. The van der Waals surface area contributed by atoms with Crippen LogP contribution < -0.4 is 11.2 Å². The van der Waals surface area contributed by atoms with E-state index in [-0.39, 0.29) is 22.5 Å². The van der Waals surface area contributed by atoms with Crippen molar-refractivity contribution >= 4 is 28.5 Å². The molecular weight excluding hydrogens is 368 g/mol. The van der Waals surface area contributed by atoms with Gasteiger partial charge in [0, 0.05) is 31.4 Å². The van der Waals surface area contributed by atoms with Crippen LogP contribution in [0.3, 0.4) is 0 Å². The molecule has 7 nitrogen and oxygen atoms in total. The molecule has 3 aromatic rings. The molecule has 3 rings (SSSR count). The molecule has 0 unspecified atom stereocenters. The lowest BCUT2D eigenvalue weighted by atomic mass is 10.1. The van der Waals surface area contributed by atoms with Gasteiger partial charge < -0.3 is 4.90 Å². The van der Waals surface area contributed by atoms with Gasteiger partial charge in [-0.3, -0.25) is 19.1 Å². The van der Waals surface area contributed by atoms with Crippen LogP contribution in [0.1, 0.15) is 29.3 Å². The van der Waals surface area contributed by atoms with Crippen molar-refractivity contribution in [2.75, 3.05) is 7.05 Å². The number of halogens is 1. The first-order valence-electron chi connectivity index (χ1n) is 8.53. The number of nitrogens with zero attached hydrogens (tertiary/aromatic N) is 3. The number of carbonyl (C=O) groups is 1. The van der Waals surface area contributed by atoms with Gasteiger partial charge in [-0.15, -0.1) is 0 Å². The second-order valence-electron chi connectivity index (χ2n) is 6.29. The largest absolute Gasteiger partial charge is 0.337 e. The maximum atomic E-state index is 12.7. The van der Waals surface area contributed by atoms with E-state index in [2.05, 4.69) is 9.97 Å². The van der Waals surface area contributed by atoms with Crippen LogP contribution in [0.15, 0.2) is 46.1 Å². The maximum Gasteiger partial charge on any atom is 0.329 e. The van der Waals surface area contributed by atoms with Gasteiger partial charge in [0.1, 0.15) is 5.65 Å². The first kappa shape index (κ1) is 18.8. The molecule has 27 heavy (non-hydrogen) atoms. The number of hydrogen-bond acceptors (Lipinski definition) is 4. The Kier molecular flexibility index (Phi) is 5.41. The third-order valence-corrected chi connectivity index (χ3v) is 4.46. The number of H-pyrrole nitrogens is 1. The minimum atomic E-state index is -0.551. The summed E-state index contributed by atoms with van der Waals surface area (Å²) in [6, 6.07) is 8.70. The van der Waals surface area contributed by atoms with Crippen molar-refractivity contribution in [2.24, 2.45) is 0 Å². The number of carbonyl (C=O) groups excluding carboxylic acids is 1. The highest BCUT2D eigenvalue weighted by Crippen LogP contribution is 2.14. The summed E-state index contributed by atoms with van der Waals surface area (Å²) in [7, 11) is 1.67. The molecular formula is C19H19ClN4O3. The summed E-state index contributed by atoms with van der Waals surface area (Å²) in [5.74, 6) is -0.271. The molecule has 2 heterocycles. The Labute approximate surface area is 160 Å². The highest BCUT2D eigenvalue weighted by Gasteiger charge is 2.16. The molecule has 0 fully saturated rings. The van der Waals surface area contributed by atoms with Crippen molar-refractivity contribution in [3.8, 4) is 0 Å². The van der Waals surface area contributed by atoms with Gasteiger partial charge in [-0.2, -0.15) is 0 Å². The van der Waals surface area contributed by atoms with Gasteiger partial charge in [0.25, 0.3) is 11.5 Å². The van der Waals surface area contributed by atoms with E-state index in [1.807, 2.05) is 19.1 Å². The Morgan fingerprint density at radius 2 is 1.96 bits per heavy atom. The highest BCUT2D eigenvalue weighted by molar-refractivity contribution is 6.30. The minimum Gasteiger partial charge on any atom is -0.337 e. The number of fused-ring (bicyclic) bond motifs is 1. The van der Waals surface area contributed by atoms with E-state index in [0.717, 1.165) is 5.56 Å². The Bertz CT molecular complexity index is 1100. The number of benzene rings is 1. The summed E-state index contributed by atoms with van der Waals surface area (Å²) >= 11 is 5.88. The second kappa shape index (κ2) is 7.75. The fourth-order valence-corrected chi connectivity index (χ4v) is 3.00. The number of amides is 1. The SMILES string of the molecule is CCCn1c(=O)[nH]c(=O)c2cc(C(=O)N(C)Cc3ccc(Cl)cc3)cnc21. The number of rotatable bonds is 5. The number of pyridine rings is 1. The highest BCUT2D eigenvalue weighted by atomic mass is 35.5. The molecule has 0 spiro atoms. The summed E-state index contributed by atoms with van der Waals surface area (Å²) in [5.41, 5.74) is 0.443. The lowest BCUT2D eigenvalue weighted by molar-refractivity contribution is 0.0785. The molecule has 0 aliphatic heterocycles. The number of aryl methyl sites for hydroxylation is 1. The van der Waals surface area contributed by atoms with Crippen molar-refractivity contribution < 1.29 is 4.79 Å². The van der Waals surface area contributed by atoms with Crippen molar-refractivity contribution in [2.45, 2.75) is 26.4 Å². The molecule has 2 aromatic heterocycles. The van der Waals surface area contributed by atoms with Crippen LogP contribution in [0.5, 0.6) is 0 Å². The Morgan fingerprint density at radius 3 is 2.63 bits per heavy atom. The van der Waals surface area contributed by atoms with E-state index in [0.29, 0.717) is 24.5 Å². The van der Waals surface area contributed by atoms with Crippen LogP contribution in [0.2, 0.25) is 5.02 Å². The van der Waals surface area contributed by atoms with Crippen LogP contribution in [-0.4, -0.2) is 32.4 Å². The van der Waals surface area contributed by atoms with E-state index in [4.69, 9.17) is 11.6 Å². The van der Waals surface area contributed by atoms with Crippen molar-refractivity contribution in [1.29, 1.82) is 0 Å². The molecule has 8 heteroatoms. The van der Waals surface area contributed by atoms with E-state index in [9.17, 15) is 14.4 Å². The first-order chi connectivity index (χ1) is 12.9. The van der Waals surface area contributed by atoms with Crippen molar-refractivity contribution in [1.82, 2.24) is 19.4 Å². The number of hydrogen-bond donors (Lipinski definition) is 1. The first-order valence-corrected chi connectivity index (χ1v) is 8.91. The monoisotopic (exact) mass is 386 g/mol. The zero-order valence-electron chi connectivity index (χ0n) is 15.0. The molecule has 0 radical (unpaired) electrons. The van der Waals surface area contributed by atoms with E-state index in [1.165, 1.54) is 21.7 Å². The fourth-order valence-electron chi connectivity index (χ4n) is 2.87. The average Bonchev–Trinajstić information content (AvgIpc) is 2.66. The van der Waals surface area contributed by atoms with Crippen LogP contribution in [0.4, 0.5) is 0 Å². The van der Waals surface area contributed by atoms with Gasteiger partial charge in [0.05, 0.1) is 10.9 Å². The summed E-state index contributed by atoms with van der Waals surface area (Å²) in [5, 5.41) is 0.845. The van der Waals surface area contributed by atoms with Gasteiger partial charge in [-0.25, -0.2) is 9.78 Å². The summed E-state index contributed by atoms with van der Waals surface area (Å²) in [4.78, 5) is 44.9. The van der Waals surface area contributed by atoms with Gasteiger partial charge in [-0.1, -0.05) is 30.7 Å². The fraction of sp³-hybridized carbons (Fsp3) is 0.263. The van der Waals surface area contributed by atoms with Crippen LogP contribution in [0, 0.1) is 0 Å². The minimum absolute atomic E-state index is 0.216. The van der Waals surface area contributed by atoms with Gasteiger partial charge >= 0.3 is 5.69 Å². The maximum absolute atomic E-state index is 12.7. The van der Waals surface area contributed by atoms with Gasteiger partial charge in [0.15, 0.2) is 0 Å². The Hall–Kier alpha value is -2.93. The smallest absolute Gasteiger partial charge is 0.329 e. The third-order valence-electron chi connectivity index (χ3n) is 4.21. The molecule has 0 aliphatic rings. The molecule has 0 bridgehead atoms. The lowest BCUT2D eigenvalue weighted by Crippen LogP contribution is -2.31. The second-order valence-corrected chi connectivity index (χ2v) is 6.73. The summed E-state index contributed by atoms with van der Waals surface area (Å²) in [6.45, 7) is 2.75. The molecule has 0 saturated heterocycles. The van der Waals surface area contributed by atoms with Crippen LogP contribution in [0.25, 0.3) is 11.0 Å². The molecule has 1 aromatic carbocycles. The van der Waals surface area contributed by atoms with Gasteiger partial charge in [0.2, 0.25) is 0 Å². The molecule has 1 N–H and O–H groups in total. The van der Waals surface area contributed by atoms with E-state index >= 15 is 0 Å². The Balaban J connectivity index is 1.94. The zero-order valence-corrected chi connectivity index (χ0v) is 15.8. The van der Waals surface area contributed by atoms with Gasteiger partial charge in [-0.05, 0) is 30.2 Å². The molecule has 0 saturated carbocycles. The molecule has 0 atom stereocenters. The summed E-state index contributed by atoms with van der Waals surface area (Å²) in [6.07, 6.45) is 2.11. The summed E-state index contributed by atoms with van der Waals surface area (Å²) < 4.78 is 1.41. The van der Waals surface area contributed by atoms with Crippen molar-refractivity contribution in [3.63, 3.8) is 0 Å². The Morgan fingerprint density at radius 1 is 1.26 bits per heavy atom. The zero-order chi connectivity index (χ0) is 19.6. The van der Waals surface area contributed by atoms with Crippen LogP contribution in [-0.2, 0) is 13.1 Å². The normalized spacial score (nSPS) is 10.9. The standard InChI is InChI=1S/C19H19ClN4O3/c1-3-8-24-16-15(17(25)22-19(24)27)9-13(10-21-16)18(26)23(2)11-12-4-6-14(20)7-5-12/h4-7,9-10H,3,8,11H2,1-2H3,(H,22,25,27). The number of nitrogens with one attached hydrogen (secondary N) is 1. The predicted molar refractivity (Wildman–Crippen MR) is 104 cm³/mol. The number of aromatic nitrogens is 3. The van der Waals surface area contributed by atoms with E-state index < -0.39 is 11.2 Å². The molecule has 0 aliphatic carbocycles.